The molecule has 0 bridgehead atoms. The summed E-state index contributed by atoms with van der Waals surface area (Å²) < 4.78 is 5.76. The largest absolute Gasteiger partial charge is 0.545 e. The predicted molar refractivity (Wildman–Crippen MR) is 118 cm³/mol. The van der Waals surface area contributed by atoms with Gasteiger partial charge in [0.2, 0.25) is 0 Å². The average molecular weight is 443 g/mol. The summed E-state index contributed by atoms with van der Waals surface area (Å²) in [7, 11) is 0. The number of nitrogens with zero attached hydrogens (tertiary/aromatic N) is 1. The number of aromatic carboxylic acids is 1. The van der Waals surface area contributed by atoms with Crippen molar-refractivity contribution < 1.29 is 28.7 Å². The maximum Gasteiger partial charge on any atom is 0.335 e. The molecule has 0 radical (unpaired) electrons. The molecular formula is C25H19N2O6-. The number of carboxylic acids is 1. The zero-order valence-electron chi connectivity index (χ0n) is 18.1. The summed E-state index contributed by atoms with van der Waals surface area (Å²) in [5.74, 6) is -2.38. The number of carboxylic acid groups (broad SMARTS) is 1. The quantitative estimate of drug-likeness (QED) is 0.489. The third-order valence-corrected chi connectivity index (χ3v) is 5.50. The summed E-state index contributed by atoms with van der Waals surface area (Å²) in [5.41, 5.74) is 3.26. The summed E-state index contributed by atoms with van der Waals surface area (Å²) in [5, 5.41) is 13.4. The van der Waals surface area contributed by atoms with E-state index in [-0.39, 0.29) is 16.9 Å². The van der Waals surface area contributed by atoms with E-state index in [9.17, 15) is 24.3 Å². The number of amides is 4. The Labute approximate surface area is 189 Å². The van der Waals surface area contributed by atoms with Crippen LogP contribution < -0.4 is 15.3 Å². The van der Waals surface area contributed by atoms with Gasteiger partial charge in [-0.25, -0.2) is 9.69 Å². The summed E-state index contributed by atoms with van der Waals surface area (Å²) in [6, 6.07) is 11.9. The zero-order chi connectivity index (χ0) is 23.9. The molecule has 8 heteroatoms. The lowest BCUT2D eigenvalue weighted by atomic mass is 10.0. The fraction of sp³-hybridized carbons (Fsp3) is 0.120. The second-order valence-corrected chi connectivity index (χ2v) is 7.75. The molecule has 0 saturated carbocycles. The number of rotatable bonds is 4. The highest BCUT2D eigenvalue weighted by Gasteiger charge is 2.37. The lowest BCUT2D eigenvalue weighted by molar-refractivity contribution is -0.255. The van der Waals surface area contributed by atoms with Crippen LogP contribution in [0.3, 0.4) is 0 Å². The molecule has 2 aromatic carbocycles. The van der Waals surface area contributed by atoms with Crippen molar-refractivity contribution in [2.45, 2.75) is 20.8 Å². The smallest absolute Gasteiger partial charge is 0.335 e. The van der Waals surface area contributed by atoms with Gasteiger partial charge in [-0.3, -0.25) is 14.9 Å². The van der Waals surface area contributed by atoms with Crippen molar-refractivity contribution in [1.29, 1.82) is 0 Å². The molecule has 0 aliphatic carbocycles. The first-order valence-electron chi connectivity index (χ1n) is 10.1. The molecule has 4 rings (SSSR count). The topological polar surface area (TPSA) is 120 Å². The Morgan fingerprint density at radius 1 is 0.939 bits per heavy atom. The second-order valence-electron chi connectivity index (χ2n) is 7.75. The van der Waals surface area contributed by atoms with Crippen molar-refractivity contribution in [3.8, 4) is 11.3 Å². The number of barbiturate groups is 1. The lowest BCUT2D eigenvalue weighted by Gasteiger charge is -2.26. The van der Waals surface area contributed by atoms with Crippen LogP contribution in [0.4, 0.5) is 10.5 Å². The number of anilines is 1. The number of urea groups is 1. The van der Waals surface area contributed by atoms with E-state index in [0.29, 0.717) is 17.0 Å². The Morgan fingerprint density at radius 2 is 1.67 bits per heavy atom. The molecule has 33 heavy (non-hydrogen) atoms. The molecule has 0 spiro atoms. The fourth-order valence-electron chi connectivity index (χ4n) is 3.49. The van der Waals surface area contributed by atoms with E-state index >= 15 is 0 Å². The molecule has 0 unspecified atom stereocenters. The summed E-state index contributed by atoms with van der Waals surface area (Å²) in [6.45, 7) is 5.56. The van der Waals surface area contributed by atoms with Crippen LogP contribution in [0.1, 0.15) is 32.8 Å². The summed E-state index contributed by atoms with van der Waals surface area (Å²) >= 11 is 0. The third kappa shape index (κ3) is 4.06. The van der Waals surface area contributed by atoms with Crippen LogP contribution in [0.2, 0.25) is 0 Å². The number of imide groups is 2. The molecule has 1 fully saturated rings. The number of carbonyl (C=O) groups is 4. The summed E-state index contributed by atoms with van der Waals surface area (Å²) in [4.78, 5) is 49.9. The Bertz CT molecular complexity index is 1360. The van der Waals surface area contributed by atoms with Crippen molar-refractivity contribution in [1.82, 2.24) is 5.32 Å². The number of hydrogen-bond donors (Lipinski definition) is 1. The van der Waals surface area contributed by atoms with Gasteiger partial charge in [0.05, 0.1) is 11.7 Å². The Kier molecular flexibility index (Phi) is 5.43. The van der Waals surface area contributed by atoms with E-state index in [1.165, 1.54) is 18.2 Å². The maximum absolute atomic E-state index is 13.1. The van der Waals surface area contributed by atoms with Gasteiger partial charge < -0.3 is 14.3 Å². The van der Waals surface area contributed by atoms with Crippen LogP contribution in [0.25, 0.3) is 17.4 Å². The zero-order valence-corrected chi connectivity index (χ0v) is 18.1. The van der Waals surface area contributed by atoms with Crippen LogP contribution in [-0.4, -0.2) is 23.8 Å². The molecular weight excluding hydrogens is 424 g/mol. The molecule has 1 aromatic heterocycles. The Balaban J connectivity index is 1.70. The monoisotopic (exact) mass is 443 g/mol. The normalized spacial score (nSPS) is 15.2. The van der Waals surface area contributed by atoms with Crippen molar-refractivity contribution in [2.24, 2.45) is 0 Å². The number of benzene rings is 2. The van der Waals surface area contributed by atoms with Gasteiger partial charge in [0.15, 0.2) is 0 Å². The fourth-order valence-corrected chi connectivity index (χ4v) is 3.49. The van der Waals surface area contributed by atoms with E-state index in [4.69, 9.17) is 4.42 Å². The van der Waals surface area contributed by atoms with Gasteiger partial charge in [-0.05, 0) is 79.4 Å². The van der Waals surface area contributed by atoms with E-state index in [1.807, 2.05) is 13.8 Å². The van der Waals surface area contributed by atoms with Crippen molar-refractivity contribution >= 4 is 35.6 Å². The van der Waals surface area contributed by atoms with Crippen LogP contribution in [-0.2, 0) is 9.59 Å². The molecule has 4 amide bonds. The van der Waals surface area contributed by atoms with E-state index in [2.05, 4.69) is 5.32 Å². The molecule has 1 N–H and O–H groups in total. The average Bonchev–Trinajstić information content (AvgIpc) is 3.22. The van der Waals surface area contributed by atoms with E-state index in [0.717, 1.165) is 21.6 Å². The van der Waals surface area contributed by atoms with Gasteiger partial charge in [-0.2, -0.15) is 0 Å². The first-order valence-corrected chi connectivity index (χ1v) is 10.1. The second kappa shape index (κ2) is 8.23. The van der Waals surface area contributed by atoms with Gasteiger partial charge in [-0.1, -0.05) is 18.2 Å². The molecule has 1 aliphatic rings. The van der Waals surface area contributed by atoms with Crippen LogP contribution in [0.15, 0.2) is 58.5 Å². The molecule has 0 atom stereocenters. The predicted octanol–water partition coefficient (Wildman–Crippen LogP) is 2.90. The Hall–Kier alpha value is -4.46. The van der Waals surface area contributed by atoms with Crippen LogP contribution in [0, 0.1) is 20.8 Å². The standard InChI is InChI=1S/C25H20N2O6/c1-13-5-7-17(10-15(13)3)27-23(29)20(22(28)26-25(27)32)12-18-8-9-21(33-18)19-11-16(24(30)31)6-4-14(19)2/h4-12H,1-3H3,(H,30,31)(H,26,28,32)/p-1/b20-12+. The first kappa shape index (κ1) is 21.8. The minimum absolute atomic E-state index is 0.00344. The number of nitrogens with one attached hydrogen (secondary N) is 1. The number of carbonyl (C=O) groups excluding carboxylic acids is 4. The van der Waals surface area contributed by atoms with Crippen LogP contribution in [0.5, 0.6) is 0 Å². The van der Waals surface area contributed by atoms with Gasteiger partial charge in [0, 0.05) is 5.56 Å². The number of hydrogen-bond acceptors (Lipinski definition) is 6. The van der Waals surface area contributed by atoms with Gasteiger partial charge >= 0.3 is 6.03 Å². The number of aryl methyl sites for hydroxylation is 3. The third-order valence-electron chi connectivity index (χ3n) is 5.50. The minimum atomic E-state index is -1.31. The van der Waals surface area contributed by atoms with Crippen molar-refractivity contribution in [2.75, 3.05) is 4.90 Å². The highest BCUT2D eigenvalue weighted by atomic mass is 16.4. The molecule has 2 heterocycles. The molecule has 1 aliphatic heterocycles. The lowest BCUT2D eigenvalue weighted by Crippen LogP contribution is -2.54. The first-order chi connectivity index (χ1) is 15.7. The minimum Gasteiger partial charge on any atom is -0.545 e. The van der Waals surface area contributed by atoms with Gasteiger partial charge in [-0.15, -0.1) is 0 Å². The van der Waals surface area contributed by atoms with E-state index in [1.54, 1.807) is 43.3 Å². The van der Waals surface area contributed by atoms with E-state index < -0.39 is 23.8 Å². The highest BCUT2D eigenvalue weighted by molar-refractivity contribution is 6.39. The maximum atomic E-state index is 13.1. The van der Waals surface area contributed by atoms with Crippen molar-refractivity contribution in [3.63, 3.8) is 0 Å². The van der Waals surface area contributed by atoms with Crippen LogP contribution >= 0.6 is 0 Å². The number of furan rings is 1. The van der Waals surface area contributed by atoms with Gasteiger partial charge in [0.25, 0.3) is 11.8 Å². The summed E-state index contributed by atoms with van der Waals surface area (Å²) in [6.07, 6.45) is 1.25. The van der Waals surface area contributed by atoms with Gasteiger partial charge in [0.1, 0.15) is 17.1 Å². The van der Waals surface area contributed by atoms with Crippen molar-refractivity contribution in [3.05, 3.63) is 82.1 Å². The Morgan fingerprint density at radius 3 is 2.36 bits per heavy atom. The molecule has 3 aromatic rings. The molecule has 1 saturated heterocycles. The SMILES string of the molecule is Cc1ccc(N2C(=O)NC(=O)/C(=C\c3ccc(-c4cc(C(=O)[O-])ccc4C)o3)C2=O)cc1C. The molecule has 166 valence electrons. The molecule has 8 nitrogen and oxygen atoms in total. The highest BCUT2D eigenvalue weighted by Crippen LogP contribution is 2.29.